The highest BCUT2D eigenvalue weighted by Crippen LogP contribution is 2.21. The number of aryl methyl sites for hydroxylation is 1. The van der Waals surface area contributed by atoms with Crippen molar-refractivity contribution >= 4 is 40.8 Å². The average Bonchev–Trinajstić information content (AvgIpc) is 2.56. The topological polar surface area (TPSA) is 49.4 Å². The fourth-order valence-electron chi connectivity index (χ4n) is 2.43. The van der Waals surface area contributed by atoms with Crippen molar-refractivity contribution in [3.05, 3.63) is 63.6 Å². The summed E-state index contributed by atoms with van der Waals surface area (Å²) < 4.78 is 0. The molecule has 2 aromatic carbocycles. The Morgan fingerprint density at radius 3 is 2.36 bits per heavy atom. The fourth-order valence-corrected chi connectivity index (χ4v) is 2.87. The van der Waals surface area contributed by atoms with E-state index in [0.717, 1.165) is 12.8 Å². The molecule has 0 unspecified atom stereocenters. The molecule has 0 radical (unpaired) electrons. The molecule has 6 heteroatoms. The quantitative estimate of drug-likeness (QED) is 0.750. The minimum Gasteiger partial charge on any atom is -0.294 e. The van der Waals surface area contributed by atoms with Crippen LogP contribution in [0.25, 0.3) is 0 Å². The van der Waals surface area contributed by atoms with E-state index in [1.165, 1.54) is 4.90 Å². The number of carbonyl (C=O) groups is 2. The van der Waals surface area contributed by atoms with Crippen molar-refractivity contribution in [3.63, 3.8) is 0 Å². The van der Waals surface area contributed by atoms with Gasteiger partial charge in [0.05, 0.1) is 10.6 Å². The standard InChI is InChI=1S/C19H20Cl2N2O2/c1-3-4-12-23(15-10-8-14(20)9-11-15)19(25)22-18(24)17-13(2)6-5-7-16(17)21/h5-11H,3-4,12H2,1-2H3,(H,22,24,25). The lowest BCUT2D eigenvalue weighted by molar-refractivity contribution is 0.0965. The minimum absolute atomic E-state index is 0.309. The molecule has 0 fully saturated rings. The van der Waals surface area contributed by atoms with Gasteiger partial charge >= 0.3 is 6.03 Å². The van der Waals surface area contributed by atoms with Crippen LogP contribution in [0, 0.1) is 6.92 Å². The molecule has 0 bridgehead atoms. The molecule has 3 amide bonds. The van der Waals surface area contributed by atoms with Crippen LogP contribution in [0.1, 0.15) is 35.7 Å². The zero-order valence-electron chi connectivity index (χ0n) is 14.2. The number of nitrogens with one attached hydrogen (secondary N) is 1. The van der Waals surface area contributed by atoms with Crippen LogP contribution in [0.2, 0.25) is 10.0 Å². The number of carbonyl (C=O) groups excluding carboxylic acids is 2. The van der Waals surface area contributed by atoms with Crippen molar-refractivity contribution in [1.82, 2.24) is 5.32 Å². The molecule has 0 aromatic heterocycles. The summed E-state index contributed by atoms with van der Waals surface area (Å²) in [5.74, 6) is -0.511. The Morgan fingerprint density at radius 1 is 1.08 bits per heavy atom. The van der Waals surface area contributed by atoms with Gasteiger partial charge in [-0.1, -0.05) is 48.7 Å². The number of hydrogen-bond acceptors (Lipinski definition) is 2. The van der Waals surface area contributed by atoms with Crippen molar-refractivity contribution in [3.8, 4) is 0 Å². The number of benzene rings is 2. The molecule has 1 N–H and O–H groups in total. The number of rotatable bonds is 5. The van der Waals surface area contributed by atoms with Crippen LogP contribution in [0.3, 0.4) is 0 Å². The molecule has 0 atom stereocenters. The molecule has 2 aromatic rings. The molecule has 4 nitrogen and oxygen atoms in total. The normalized spacial score (nSPS) is 10.4. The lowest BCUT2D eigenvalue weighted by atomic mass is 10.1. The van der Waals surface area contributed by atoms with E-state index in [0.29, 0.717) is 33.4 Å². The van der Waals surface area contributed by atoms with Gasteiger partial charge in [-0.15, -0.1) is 0 Å². The second-order valence-electron chi connectivity index (χ2n) is 5.67. The Labute approximate surface area is 157 Å². The number of anilines is 1. The summed E-state index contributed by atoms with van der Waals surface area (Å²) >= 11 is 12.0. The van der Waals surface area contributed by atoms with Crippen LogP contribution >= 0.6 is 23.2 Å². The van der Waals surface area contributed by atoms with E-state index in [-0.39, 0.29) is 0 Å². The first-order chi connectivity index (χ1) is 11.9. The van der Waals surface area contributed by atoms with Crippen LogP contribution in [0.15, 0.2) is 42.5 Å². The van der Waals surface area contributed by atoms with Gasteiger partial charge < -0.3 is 0 Å². The monoisotopic (exact) mass is 378 g/mol. The summed E-state index contributed by atoms with van der Waals surface area (Å²) in [5.41, 5.74) is 1.70. The van der Waals surface area contributed by atoms with E-state index < -0.39 is 11.9 Å². The Bertz CT molecular complexity index is 740. The summed E-state index contributed by atoms with van der Waals surface area (Å²) in [6.45, 7) is 4.31. The molecule has 2 rings (SSSR count). The van der Waals surface area contributed by atoms with E-state index in [2.05, 4.69) is 5.32 Å². The molecule has 25 heavy (non-hydrogen) atoms. The van der Waals surface area contributed by atoms with Gasteiger partial charge in [-0.2, -0.15) is 0 Å². The van der Waals surface area contributed by atoms with Gasteiger partial charge in [-0.05, 0) is 49.2 Å². The van der Waals surface area contributed by atoms with Crippen molar-refractivity contribution in [2.24, 2.45) is 0 Å². The maximum absolute atomic E-state index is 12.7. The smallest absolute Gasteiger partial charge is 0.294 e. The Morgan fingerprint density at radius 2 is 1.76 bits per heavy atom. The van der Waals surface area contributed by atoms with Gasteiger partial charge in [-0.25, -0.2) is 4.79 Å². The first-order valence-electron chi connectivity index (χ1n) is 8.07. The molecule has 0 aliphatic carbocycles. The third-order valence-electron chi connectivity index (χ3n) is 3.79. The molecule has 0 saturated heterocycles. The lowest BCUT2D eigenvalue weighted by Crippen LogP contribution is -2.43. The lowest BCUT2D eigenvalue weighted by Gasteiger charge is -2.23. The van der Waals surface area contributed by atoms with E-state index >= 15 is 0 Å². The Kier molecular flexibility index (Phi) is 6.85. The maximum atomic E-state index is 12.7. The number of amides is 3. The van der Waals surface area contributed by atoms with Gasteiger partial charge in [-0.3, -0.25) is 15.0 Å². The Balaban J connectivity index is 2.21. The highest BCUT2D eigenvalue weighted by molar-refractivity contribution is 6.34. The van der Waals surface area contributed by atoms with Crippen LogP contribution in [0.4, 0.5) is 10.5 Å². The number of nitrogens with zero attached hydrogens (tertiary/aromatic N) is 1. The van der Waals surface area contributed by atoms with Crippen molar-refractivity contribution < 1.29 is 9.59 Å². The largest absolute Gasteiger partial charge is 0.328 e. The second kappa shape index (κ2) is 8.88. The van der Waals surface area contributed by atoms with E-state index in [1.807, 2.05) is 6.92 Å². The van der Waals surface area contributed by atoms with Crippen LogP contribution < -0.4 is 10.2 Å². The maximum Gasteiger partial charge on any atom is 0.328 e. The third-order valence-corrected chi connectivity index (χ3v) is 4.36. The number of unbranched alkanes of at least 4 members (excludes halogenated alkanes) is 1. The summed E-state index contributed by atoms with van der Waals surface area (Å²) in [6.07, 6.45) is 1.74. The van der Waals surface area contributed by atoms with Crippen LogP contribution in [0.5, 0.6) is 0 Å². The molecular weight excluding hydrogens is 359 g/mol. The molecule has 0 spiro atoms. The summed E-state index contributed by atoms with van der Waals surface area (Å²) in [4.78, 5) is 26.7. The van der Waals surface area contributed by atoms with E-state index in [9.17, 15) is 9.59 Å². The number of urea groups is 1. The SMILES string of the molecule is CCCCN(C(=O)NC(=O)c1c(C)cccc1Cl)c1ccc(Cl)cc1. The van der Waals surface area contributed by atoms with Gasteiger partial charge in [0.1, 0.15) is 0 Å². The van der Waals surface area contributed by atoms with Gasteiger partial charge in [0, 0.05) is 17.3 Å². The highest BCUT2D eigenvalue weighted by Gasteiger charge is 2.21. The van der Waals surface area contributed by atoms with Gasteiger partial charge in [0.2, 0.25) is 0 Å². The fraction of sp³-hybridized carbons (Fsp3) is 0.263. The zero-order chi connectivity index (χ0) is 18.4. The van der Waals surface area contributed by atoms with Gasteiger partial charge in [0.25, 0.3) is 5.91 Å². The van der Waals surface area contributed by atoms with E-state index in [1.54, 1.807) is 49.4 Å². The zero-order valence-corrected chi connectivity index (χ0v) is 15.7. The van der Waals surface area contributed by atoms with Crippen molar-refractivity contribution in [2.45, 2.75) is 26.7 Å². The molecule has 132 valence electrons. The van der Waals surface area contributed by atoms with E-state index in [4.69, 9.17) is 23.2 Å². The average molecular weight is 379 g/mol. The third kappa shape index (κ3) is 4.97. The molecule has 0 heterocycles. The van der Waals surface area contributed by atoms with Crippen LogP contribution in [-0.4, -0.2) is 18.5 Å². The number of halogens is 2. The molecular formula is C19H20Cl2N2O2. The number of imide groups is 1. The molecule has 0 aliphatic heterocycles. The first kappa shape index (κ1) is 19.3. The summed E-state index contributed by atoms with van der Waals surface area (Å²) in [7, 11) is 0. The minimum atomic E-state index is -0.511. The van der Waals surface area contributed by atoms with Crippen molar-refractivity contribution in [1.29, 1.82) is 0 Å². The molecule has 0 aliphatic rings. The molecule has 0 saturated carbocycles. The van der Waals surface area contributed by atoms with Crippen molar-refractivity contribution in [2.75, 3.05) is 11.4 Å². The van der Waals surface area contributed by atoms with Crippen LogP contribution in [-0.2, 0) is 0 Å². The second-order valence-corrected chi connectivity index (χ2v) is 6.52. The predicted molar refractivity (Wildman–Crippen MR) is 103 cm³/mol. The predicted octanol–water partition coefficient (Wildman–Crippen LogP) is 5.46. The summed E-state index contributed by atoms with van der Waals surface area (Å²) in [5, 5.41) is 3.33. The highest BCUT2D eigenvalue weighted by atomic mass is 35.5. The Hall–Kier alpha value is -2.04. The summed E-state index contributed by atoms with van der Waals surface area (Å²) in [6, 6.07) is 11.6. The first-order valence-corrected chi connectivity index (χ1v) is 8.83. The number of hydrogen-bond donors (Lipinski definition) is 1. The van der Waals surface area contributed by atoms with Gasteiger partial charge in [0.15, 0.2) is 0 Å².